The average molecular weight is 338 g/mol. The van der Waals surface area contributed by atoms with Crippen LogP contribution in [-0.2, 0) is 9.53 Å². The van der Waals surface area contributed by atoms with E-state index >= 15 is 0 Å². The van der Waals surface area contributed by atoms with E-state index in [-0.39, 0.29) is 5.97 Å². The third-order valence-electron chi connectivity index (χ3n) is 5.99. The molecule has 3 heterocycles. The van der Waals surface area contributed by atoms with Crippen molar-refractivity contribution in [3.63, 3.8) is 0 Å². The molecule has 3 aliphatic heterocycles. The number of hydrogen-bond acceptors (Lipinski definition) is 5. The van der Waals surface area contributed by atoms with E-state index in [0.29, 0.717) is 6.42 Å². The molecule has 0 aromatic carbocycles. The van der Waals surface area contributed by atoms with E-state index in [1.807, 2.05) is 0 Å². The van der Waals surface area contributed by atoms with Crippen LogP contribution in [0.15, 0.2) is 0 Å². The lowest BCUT2D eigenvalue weighted by molar-refractivity contribution is -0.140. The minimum atomic E-state index is -0.0744. The molecule has 5 heteroatoms. The Bertz CT molecular complexity index is 417. The first-order valence-corrected chi connectivity index (χ1v) is 10.1. The Hall–Kier alpha value is -0.650. The monoisotopic (exact) mass is 337 g/mol. The number of hydrogen-bond donors (Lipinski definition) is 3. The maximum absolute atomic E-state index is 11.0. The molecule has 0 saturated carbocycles. The molecule has 0 aliphatic carbocycles. The van der Waals surface area contributed by atoms with Crippen molar-refractivity contribution in [2.75, 3.05) is 7.11 Å². The van der Waals surface area contributed by atoms with E-state index in [4.69, 9.17) is 0 Å². The van der Waals surface area contributed by atoms with Crippen molar-refractivity contribution >= 4 is 5.97 Å². The quantitative estimate of drug-likeness (QED) is 0.272. The molecule has 3 aliphatic rings. The fourth-order valence-corrected chi connectivity index (χ4v) is 4.09. The first-order valence-electron chi connectivity index (χ1n) is 10.1. The molecule has 0 bridgehead atoms. The third kappa shape index (κ3) is 5.71. The van der Waals surface area contributed by atoms with E-state index in [2.05, 4.69) is 27.6 Å². The average Bonchev–Trinajstić information content (AvgIpc) is 3.48. The Morgan fingerprint density at radius 2 is 1.33 bits per heavy atom. The van der Waals surface area contributed by atoms with Crippen LogP contribution in [0.1, 0.15) is 71.1 Å². The molecule has 5 nitrogen and oxygen atoms in total. The fourth-order valence-electron chi connectivity index (χ4n) is 4.09. The summed E-state index contributed by atoms with van der Waals surface area (Å²) in [6, 6.07) is 4.67. The molecule has 0 spiro atoms. The van der Waals surface area contributed by atoms with Crippen molar-refractivity contribution in [2.24, 2.45) is 0 Å². The van der Waals surface area contributed by atoms with Gasteiger partial charge in [-0.2, -0.15) is 0 Å². The van der Waals surface area contributed by atoms with Gasteiger partial charge in [0.15, 0.2) is 0 Å². The predicted molar refractivity (Wildman–Crippen MR) is 96.0 cm³/mol. The Labute approximate surface area is 146 Å². The van der Waals surface area contributed by atoms with Gasteiger partial charge in [-0.25, -0.2) is 0 Å². The minimum Gasteiger partial charge on any atom is -0.469 e. The topological polar surface area (TPSA) is 92.1 Å². The summed E-state index contributed by atoms with van der Waals surface area (Å²) in [4.78, 5) is 11.0. The van der Waals surface area contributed by atoms with Crippen molar-refractivity contribution in [2.45, 2.75) is 107 Å². The molecule has 3 fully saturated rings. The number of esters is 1. The van der Waals surface area contributed by atoms with Crippen LogP contribution in [0.5, 0.6) is 0 Å². The van der Waals surface area contributed by atoms with Crippen LogP contribution in [0.2, 0.25) is 0 Å². The number of carbonyl (C=O) groups excluding carboxylic acids is 1. The van der Waals surface area contributed by atoms with Crippen LogP contribution in [0.3, 0.4) is 0 Å². The van der Waals surface area contributed by atoms with Crippen LogP contribution in [0.4, 0.5) is 0 Å². The number of ether oxygens (including phenoxy) is 1. The number of unbranched alkanes of at least 4 members (excludes halogenated alkanes) is 4. The van der Waals surface area contributed by atoms with E-state index in [1.54, 1.807) is 0 Å². The van der Waals surface area contributed by atoms with Gasteiger partial charge in [-0.1, -0.05) is 32.6 Å². The lowest BCUT2D eigenvalue weighted by Crippen LogP contribution is -2.06. The van der Waals surface area contributed by atoms with Crippen molar-refractivity contribution < 1.29 is 9.53 Å². The Balaban J connectivity index is 1.12. The number of carbonyl (C=O) groups is 1. The molecule has 6 atom stereocenters. The molecule has 0 aromatic heterocycles. The fraction of sp³-hybridized carbons (Fsp3) is 0.947. The van der Waals surface area contributed by atoms with E-state index < -0.39 is 0 Å². The van der Waals surface area contributed by atoms with Gasteiger partial charge in [0, 0.05) is 42.7 Å². The van der Waals surface area contributed by atoms with Crippen LogP contribution >= 0.6 is 0 Å². The van der Waals surface area contributed by atoms with Gasteiger partial charge in [0.1, 0.15) is 0 Å². The van der Waals surface area contributed by atoms with Crippen molar-refractivity contribution in [1.82, 2.24) is 16.0 Å². The van der Waals surface area contributed by atoms with Crippen LogP contribution < -0.4 is 16.0 Å². The molecular formula is C19H35N3O2. The maximum atomic E-state index is 11.0. The molecule has 0 unspecified atom stereocenters. The molecule has 0 aromatic rings. The molecule has 3 saturated heterocycles. The Morgan fingerprint density at radius 1 is 0.792 bits per heavy atom. The predicted octanol–water partition coefficient (Wildman–Crippen LogP) is 2.10. The highest BCUT2D eigenvalue weighted by Gasteiger charge is 2.47. The van der Waals surface area contributed by atoms with Gasteiger partial charge in [-0.3, -0.25) is 4.79 Å². The molecule has 3 N–H and O–H groups in total. The summed E-state index contributed by atoms with van der Waals surface area (Å²) in [5.74, 6) is -0.0744. The summed E-state index contributed by atoms with van der Waals surface area (Å²) in [7, 11) is 1.46. The van der Waals surface area contributed by atoms with Crippen molar-refractivity contribution in [3.8, 4) is 0 Å². The first-order chi connectivity index (χ1) is 11.7. The van der Waals surface area contributed by atoms with Crippen LogP contribution in [0, 0.1) is 0 Å². The SMILES string of the molecule is CC[C@@H]1N[C@@H]1C[C@@H]1N[C@@H]1C[C@@H]1N[C@@H]1CCCCCCCC(=O)OC. The van der Waals surface area contributed by atoms with E-state index in [1.165, 1.54) is 52.1 Å². The summed E-state index contributed by atoms with van der Waals surface area (Å²) in [5, 5.41) is 10.9. The minimum absolute atomic E-state index is 0.0744. The van der Waals surface area contributed by atoms with Crippen LogP contribution in [0.25, 0.3) is 0 Å². The molecule has 3 rings (SSSR count). The van der Waals surface area contributed by atoms with Gasteiger partial charge in [0.25, 0.3) is 0 Å². The number of nitrogens with one attached hydrogen (secondary N) is 3. The maximum Gasteiger partial charge on any atom is 0.305 e. The zero-order valence-corrected chi connectivity index (χ0v) is 15.4. The van der Waals surface area contributed by atoms with Crippen molar-refractivity contribution in [1.29, 1.82) is 0 Å². The smallest absolute Gasteiger partial charge is 0.305 e. The molecular weight excluding hydrogens is 302 g/mol. The van der Waals surface area contributed by atoms with Gasteiger partial charge in [0.05, 0.1) is 7.11 Å². The van der Waals surface area contributed by atoms with Crippen LogP contribution in [-0.4, -0.2) is 49.3 Å². The second kappa shape index (κ2) is 8.63. The summed E-state index contributed by atoms with van der Waals surface area (Å²) in [6.45, 7) is 2.27. The third-order valence-corrected chi connectivity index (χ3v) is 5.99. The molecule has 138 valence electrons. The summed E-state index contributed by atoms with van der Waals surface area (Å²) >= 11 is 0. The highest BCUT2D eigenvalue weighted by atomic mass is 16.5. The van der Waals surface area contributed by atoms with Crippen molar-refractivity contribution in [3.05, 3.63) is 0 Å². The highest BCUT2D eigenvalue weighted by Crippen LogP contribution is 2.31. The largest absolute Gasteiger partial charge is 0.469 e. The normalized spacial score (nSPS) is 36.4. The highest BCUT2D eigenvalue weighted by molar-refractivity contribution is 5.68. The van der Waals surface area contributed by atoms with E-state index in [0.717, 1.165) is 49.1 Å². The zero-order chi connectivity index (χ0) is 16.9. The standard InChI is InChI=1S/C19H35N3O2/c1-3-13-15(20-13)11-17-18(22-17)12-16-14(21-16)9-7-5-4-6-8-10-19(23)24-2/h13-18,20-22H,3-12H2,1-2H3/t13-,14+,15+,16-,17-,18+/m0/s1. The second-order valence-electron chi connectivity index (χ2n) is 7.90. The van der Waals surface area contributed by atoms with Gasteiger partial charge in [-0.15, -0.1) is 0 Å². The van der Waals surface area contributed by atoms with E-state index in [9.17, 15) is 4.79 Å². The van der Waals surface area contributed by atoms with Gasteiger partial charge in [0.2, 0.25) is 0 Å². The van der Waals surface area contributed by atoms with Gasteiger partial charge in [-0.05, 0) is 32.1 Å². The Kier molecular flexibility index (Phi) is 6.53. The van der Waals surface area contributed by atoms with Gasteiger partial charge < -0.3 is 20.7 Å². The number of methoxy groups -OCH3 is 1. The summed E-state index contributed by atoms with van der Waals surface area (Å²) in [6.07, 6.45) is 11.8. The first kappa shape index (κ1) is 18.2. The lowest BCUT2D eigenvalue weighted by atomic mass is 10.0. The zero-order valence-electron chi connectivity index (χ0n) is 15.4. The summed E-state index contributed by atoms with van der Waals surface area (Å²) in [5.41, 5.74) is 0. The Morgan fingerprint density at radius 3 is 2.00 bits per heavy atom. The molecule has 24 heavy (non-hydrogen) atoms. The van der Waals surface area contributed by atoms with Gasteiger partial charge >= 0.3 is 5.97 Å². The molecule has 0 radical (unpaired) electrons. The molecule has 0 amide bonds. The second-order valence-corrected chi connectivity index (χ2v) is 7.90. The number of rotatable bonds is 13. The summed E-state index contributed by atoms with van der Waals surface area (Å²) < 4.78 is 4.65. The lowest BCUT2D eigenvalue weighted by Gasteiger charge is -2.01.